The zero-order valence-corrected chi connectivity index (χ0v) is 13.6. The van der Waals surface area contributed by atoms with E-state index in [-0.39, 0.29) is 0 Å². The summed E-state index contributed by atoms with van der Waals surface area (Å²) in [5.74, 6) is 0.804. The summed E-state index contributed by atoms with van der Waals surface area (Å²) in [5, 5.41) is 3.46. The number of benzene rings is 3. The van der Waals surface area contributed by atoms with E-state index in [1.54, 1.807) is 0 Å². The number of nitrogens with one attached hydrogen (secondary N) is 1. The highest BCUT2D eigenvalue weighted by atomic mass is 15.1. The molecule has 0 fully saturated rings. The first-order valence-corrected chi connectivity index (χ1v) is 8.34. The van der Waals surface area contributed by atoms with Crippen LogP contribution in [0.1, 0.15) is 5.56 Å². The minimum Gasteiger partial charge on any atom is -0.363 e. The van der Waals surface area contributed by atoms with Gasteiger partial charge in [0.05, 0.1) is 22.1 Å². The van der Waals surface area contributed by atoms with Gasteiger partial charge < -0.3 is 5.32 Å². The molecule has 0 unspecified atom stereocenters. The van der Waals surface area contributed by atoms with Crippen molar-refractivity contribution in [1.82, 2.24) is 14.4 Å². The number of para-hydroxylation sites is 4. The number of nitrogens with zero attached hydrogens (tertiary/aromatic N) is 3. The number of anilines is 1. The highest BCUT2D eigenvalue weighted by molar-refractivity contribution is 5.92. The fourth-order valence-electron chi connectivity index (χ4n) is 3.25. The van der Waals surface area contributed by atoms with E-state index in [1.807, 2.05) is 54.6 Å². The first-order chi connectivity index (χ1) is 12.4. The van der Waals surface area contributed by atoms with Crippen molar-refractivity contribution in [2.24, 2.45) is 0 Å². The van der Waals surface area contributed by atoms with Crippen LogP contribution in [0.4, 0.5) is 5.82 Å². The molecule has 0 spiro atoms. The quantitative estimate of drug-likeness (QED) is 0.525. The third kappa shape index (κ3) is 2.31. The Morgan fingerprint density at radius 1 is 0.680 bits per heavy atom. The average molecular weight is 324 g/mol. The SMILES string of the molecule is c1ccc(CNc2nc3ccccc3n3c2nc2ccccc23)cc1. The zero-order valence-electron chi connectivity index (χ0n) is 13.6. The van der Waals surface area contributed by atoms with Crippen molar-refractivity contribution in [3.05, 3.63) is 84.4 Å². The maximum atomic E-state index is 4.82. The maximum absolute atomic E-state index is 4.82. The van der Waals surface area contributed by atoms with Gasteiger partial charge in [0.1, 0.15) is 0 Å². The third-order valence-electron chi connectivity index (χ3n) is 4.43. The Labute approximate surface area is 144 Å². The van der Waals surface area contributed by atoms with Gasteiger partial charge in [0.15, 0.2) is 11.5 Å². The van der Waals surface area contributed by atoms with E-state index in [9.17, 15) is 0 Å². The first-order valence-electron chi connectivity index (χ1n) is 8.34. The number of hydrogen-bond acceptors (Lipinski definition) is 3. The van der Waals surface area contributed by atoms with E-state index in [0.29, 0.717) is 6.54 Å². The monoisotopic (exact) mass is 324 g/mol. The molecule has 2 heterocycles. The highest BCUT2D eigenvalue weighted by Gasteiger charge is 2.13. The van der Waals surface area contributed by atoms with E-state index >= 15 is 0 Å². The molecule has 0 saturated heterocycles. The molecular weight excluding hydrogens is 308 g/mol. The van der Waals surface area contributed by atoms with Crippen LogP contribution in [0.3, 0.4) is 0 Å². The van der Waals surface area contributed by atoms with Crippen molar-refractivity contribution in [3.8, 4) is 0 Å². The van der Waals surface area contributed by atoms with Crippen LogP contribution in [0, 0.1) is 0 Å². The van der Waals surface area contributed by atoms with Crippen LogP contribution in [0.25, 0.3) is 27.7 Å². The number of fused-ring (bicyclic) bond motifs is 5. The lowest BCUT2D eigenvalue weighted by molar-refractivity contribution is 1.11. The smallest absolute Gasteiger partial charge is 0.181 e. The maximum Gasteiger partial charge on any atom is 0.181 e. The summed E-state index contributed by atoms with van der Waals surface area (Å²) < 4.78 is 2.19. The Bertz CT molecular complexity index is 1190. The molecular formula is C21H16N4. The zero-order chi connectivity index (χ0) is 16.6. The minimum absolute atomic E-state index is 0.713. The lowest BCUT2D eigenvalue weighted by Crippen LogP contribution is -2.04. The summed E-state index contributed by atoms with van der Waals surface area (Å²) >= 11 is 0. The summed E-state index contributed by atoms with van der Waals surface area (Å²) in [5.41, 5.74) is 6.16. The van der Waals surface area contributed by atoms with Gasteiger partial charge in [-0.05, 0) is 29.8 Å². The van der Waals surface area contributed by atoms with E-state index in [2.05, 4.69) is 34.0 Å². The van der Waals surface area contributed by atoms with Gasteiger partial charge in [-0.3, -0.25) is 4.40 Å². The molecule has 0 aliphatic rings. The van der Waals surface area contributed by atoms with Gasteiger partial charge in [-0.1, -0.05) is 54.6 Å². The van der Waals surface area contributed by atoms with Crippen LogP contribution in [0.15, 0.2) is 78.9 Å². The number of imidazole rings is 1. The standard InChI is InChI=1S/C21H16N4/c1-2-8-15(9-3-1)14-22-20-21-24-17-11-5-7-13-19(17)25(21)18-12-6-4-10-16(18)23-20/h1-13H,14H2,(H,22,23). The minimum atomic E-state index is 0.713. The van der Waals surface area contributed by atoms with Gasteiger partial charge in [-0.15, -0.1) is 0 Å². The van der Waals surface area contributed by atoms with Crippen molar-refractivity contribution in [1.29, 1.82) is 0 Å². The molecule has 0 amide bonds. The van der Waals surface area contributed by atoms with E-state index in [4.69, 9.17) is 9.97 Å². The molecule has 0 aliphatic heterocycles. The van der Waals surface area contributed by atoms with Crippen LogP contribution in [-0.2, 0) is 6.54 Å². The topological polar surface area (TPSA) is 42.2 Å². The van der Waals surface area contributed by atoms with Gasteiger partial charge in [0.2, 0.25) is 0 Å². The molecule has 25 heavy (non-hydrogen) atoms. The summed E-state index contributed by atoms with van der Waals surface area (Å²) in [6, 6.07) is 26.7. The Hall–Kier alpha value is -3.40. The fourth-order valence-corrected chi connectivity index (χ4v) is 3.25. The molecule has 0 bridgehead atoms. The molecule has 0 aliphatic carbocycles. The highest BCUT2D eigenvalue weighted by Crippen LogP contribution is 2.26. The second-order valence-corrected chi connectivity index (χ2v) is 6.05. The molecule has 4 nitrogen and oxygen atoms in total. The summed E-state index contributed by atoms with van der Waals surface area (Å²) in [6.45, 7) is 0.713. The van der Waals surface area contributed by atoms with Crippen LogP contribution in [0.5, 0.6) is 0 Å². The Morgan fingerprint density at radius 3 is 2.00 bits per heavy atom. The van der Waals surface area contributed by atoms with Gasteiger partial charge in [0.25, 0.3) is 0 Å². The molecule has 2 aromatic heterocycles. The third-order valence-corrected chi connectivity index (χ3v) is 4.43. The summed E-state index contributed by atoms with van der Waals surface area (Å²) in [6.07, 6.45) is 0. The molecule has 5 aromatic rings. The molecule has 3 aromatic carbocycles. The summed E-state index contributed by atoms with van der Waals surface area (Å²) in [4.78, 5) is 9.63. The van der Waals surface area contributed by atoms with Crippen molar-refractivity contribution in [2.45, 2.75) is 6.54 Å². The molecule has 0 saturated carbocycles. The molecule has 1 N–H and O–H groups in total. The largest absolute Gasteiger partial charge is 0.363 e. The van der Waals surface area contributed by atoms with Crippen molar-refractivity contribution in [3.63, 3.8) is 0 Å². The number of aromatic nitrogens is 3. The summed E-state index contributed by atoms with van der Waals surface area (Å²) in [7, 11) is 0. The van der Waals surface area contributed by atoms with Crippen LogP contribution < -0.4 is 5.32 Å². The Balaban J connectivity index is 1.74. The van der Waals surface area contributed by atoms with Crippen molar-refractivity contribution in [2.75, 3.05) is 5.32 Å². The van der Waals surface area contributed by atoms with E-state index in [1.165, 1.54) is 5.56 Å². The lowest BCUT2D eigenvalue weighted by atomic mass is 10.2. The molecule has 0 atom stereocenters. The molecule has 0 radical (unpaired) electrons. The molecule has 4 heteroatoms. The second kappa shape index (κ2) is 5.60. The average Bonchev–Trinajstić information content (AvgIpc) is 3.07. The van der Waals surface area contributed by atoms with Crippen LogP contribution in [0.2, 0.25) is 0 Å². The van der Waals surface area contributed by atoms with Crippen LogP contribution >= 0.6 is 0 Å². The predicted molar refractivity (Wildman–Crippen MR) is 102 cm³/mol. The van der Waals surface area contributed by atoms with Crippen LogP contribution in [-0.4, -0.2) is 14.4 Å². The Morgan fingerprint density at radius 2 is 1.28 bits per heavy atom. The Kier molecular flexibility index (Phi) is 3.13. The second-order valence-electron chi connectivity index (χ2n) is 6.05. The van der Waals surface area contributed by atoms with E-state index in [0.717, 1.165) is 33.5 Å². The fraction of sp³-hybridized carbons (Fsp3) is 0.0476. The van der Waals surface area contributed by atoms with E-state index < -0.39 is 0 Å². The number of rotatable bonds is 3. The number of hydrogen-bond donors (Lipinski definition) is 1. The van der Waals surface area contributed by atoms with Gasteiger partial charge in [0, 0.05) is 6.54 Å². The normalized spacial score (nSPS) is 11.4. The lowest BCUT2D eigenvalue weighted by Gasteiger charge is -2.10. The predicted octanol–water partition coefficient (Wildman–Crippen LogP) is 4.65. The van der Waals surface area contributed by atoms with Crippen molar-refractivity contribution < 1.29 is 0 Å². The first kappa shape index (κ1) is 14.0. The van der Waals surface area contributed by atoms with Gasteiger partial charge in [-0.25, -0.2) is 9.97 Å². The molecule has 120 valence electrons. The van der Waals surface area contributed by atoms with Gasteiger partial charge >= 0.3 is 0 Å². The van der Waals surface area contributed by atoms with Crippen molar-refractivity contribution >= 4 is 33.5 Å². The molecule has 5 rings (SSSR count). The van der Waals surface area contributed by atoms with Gasteiger partial charge in [-0.2, -0.15) is 0 Å².